The van der Waals surface area contributed by atoms with Crippen molar-refractivity contribution in [1.29, 1.82) is 0 Å². The van der Waals surface area contributed by atoms with Gasteiger partial charge in [0, 0.05) is 26.9 Å². The summed E-state index contributed by atoms with van der Waals surface area (Å²) in [6.07, 6.45) is 3.13. The second kappa shape index (κ2) is 6.83. The summed E-state index contributed by atoms with van der Waals surface area (Å²) in [4.78, 5) is 16.6. The molecule has 0 bridgehead atoms. The van der Waals surface area contributed by atoms with Crippen LogP contribution in [0, 0.1) is 12.3 Å². The van der Waals surface area contributed by atoms with E-state index in [1.807, 2.05) is 4.90 Å². The smallest absolute Gasteiger partial charge is 0.238 e. The third-order valence-electron chi connectivity index (χ3n) is 5.91. The molecule has 2 fully saturated rings. The van der Waals surface area contributed by atoms with Crippen LogP contribution in [0.25, 0.3) is 0 Å². The van der Waals surface area contributed by atoms with E-state index in [1.54, 1.807) is 13.8 Å². The van der Waals surface area contributed by atoms with E-state index in [-0.39, 0.29) is 17.4 Å². The van der Waals surface area contributed by atoms with Crippen LogP contribution in [-0.4, -0.2) is 45.5 Å². The molecule has 1 spiro atoms. The zero-order chi connectivity index (χ0) is 18.1. The molecule has 138 valence electrons. The van der Waals surface area contributed by atoms with Gasteiger partial charge in [0.1, 0.15) is 6.04 Å². The Kier molecular flexibility index (Phi) is 4.53. The van der Waals surface area contributed by atoms with E-state index in [1.165, 1.54) is 5.56 Å². The standard InChI is InChI=1S/C20H26N4O2/c1-15-21-22-19(26-15)18-12-20(14-24(18)16(2)25)8-10-23(11-9-20)13-17-6-4-3-5-7-17/h3-7,18H,8-14H2,1-2H3. The van der Waals surface area contributed by atoms with Gasteiger partial charge in [-0.25, -0.2) is 0 Å². The quantitative estimate of drug-likeness (QED) is 0.848. The van der Waals surface area contributed by atoms with Gasteiger partial charge in [0.15, 0.2) is 0 Å². The number of nitrogens with zero attached hydrogens (tertiary/aromatic N) is 4. The summed E-state index contributed by atoms with van der Waals surface area (Å²) in [5, 5.41) is 8.14. The number of amides is 1. The summed E-state index contributed by atoms with van der Waals surface area (Å²) in [7, 11) is 0. The molecule has 1 unspecified atom stereocenters. The number of aryl methyl sites for hydroxylation is 1. The van der Waals surface area contributed by atoms with Gasteiger partial charge in [-0.1, -0.05) is 30.3 Å². The zero-order valence-corrected chi connectivity index (χ0v) is 15.5. The van der Waals surface area contributed by atoms with Crippen LogP contribution in [0.1, 0.15) is 49.6 Å². The minimum atomic E-state index is -0.0747. The van der Waals surface area contributed by atoms with Crippen molar-refractivity contribution in [3.63, 3.8) is 0 Å². The number of aromatic nitrogens is 2. The van der Waals surface area contributed by atoms with Crippen LogP contribution in [0.4, 0.5) is 0 Å². The van der Waals surface area contributed by atoms with E-state index >= 15 is 0 Å². The van der Waals surface area contributed by atoms with E-state index < -0.39 is 0 Å². The summed E-state index contributed by atoms with van der Waals surface area (Å²) >= 11 is 0. The summed E-state index contributed by atoms with van der Waals surface area (Å²) in [5.41, 5.74) is 1.53. The molecule has 3 heterocycles. The fourth-order valence-electron chi connectivity index (χ4n) is 4.44. The number of hydrogen-bond donors (Lipinski definition) is 0. The van der Waals surface area contributed by atoms with Crippen molar-refractivity contribution in [3.8, 4) is 0 Å². The second-order valence-electron chi connectivity index (χ2n) is 7.79. The highest BCUT2D eigenvalue weighted by molar-refractivity contribution is 5.74. The Morgan fingerprint density at radius 1 is 1.23 bits per heavy atom. The molecule has 0 radical (unpaired) electrons. The first-order valence-corrected chi connectivity index (χ1v) is 9.38. The molecule has 0 aliphatic carbocycles. The number of likely N-dealkylation sites (tertiary alicyclic amines) is 2. The Morgan fingerprint density at radius 3 is 2.58 bits per heavy atom. The number of benzene rings is 1. The molecule has 2 aliphatic rings. The largest absolute Gasteiger partial charge is 0.423 e. The molecule has 2 saturated heterocycles. The highest BCUT2D eigenvalue weighted by Crippen LogP contribution is 2.48. The van der Waals surface area contributed by atoms with E-state index in [2.05, 4.69) is 45.4 Å². The molecule has 0 N–H and O–H groups in total. The maximum Gasteiger partial charge on any atom is 0.238 e. The summed E-state index contributed by atoms with van der Waals surface area (Å²) < 4.78 is 5.66. The van der Waals surface area contributed by atoms with E-state index in [0.29, 0.717) is 11.8 Å². The van der Waals surface area contributed by atoms with Gasteiger partial charge < -0.3 is 9.32 Å². The van der Waals surface area contributed by atoms with Gasteiger partial charge >= 0.3 is 0 Å². The van der Waals surface area contributed by atoms with Gasteiger partial charge in [-0.2, -0.15) is 0 Å². The molecular weight excluding hydrogens is 328 g/mol. The minimum Gasteiger partial charge on any atom is -0.423 e. The fraction of sp³-hybridized carbons (Fsp3) is 0.550. The molecule has 1 aromatic carbocycles. The minimum absolute atomic E-state index is 0.0747. The lowest BCUT2D eigenvalue weighted by molar-refractivity contribution is -0.130. The topological polar surface area (TPSA) is 62.5 Å². The van der Waals surface area contributed by atoms with Crippen molar-refractivity contribution in [2.75, 3.05) is 19.6 Å². The van der Waals surface area contributed by atoms with Gasteiger partial charge in [-0.15, -0.1) is 10.2 Å². The fourth-order valence-corrected chi connectivity index (χ4v) is 4.44. The summed E-state index contributed by atoms with van der Waals surface area (Å²) in [6.45, 7) is 7.36. The number of hydrogen-bond acceptors (Lipinski definition) is 5. The SMILES string of the molecule is CC(=O)N1CC2(CCN(Cc3ccccc3)CC2)CC1c1nnc(C)o1. The van der Waals surface area contributed by atoms with Crippen LogP contribution in [0.3, 0.4) is 0 Å². The van der Waals surface area contributed by atoms with Crippen LogP contribution >= 0.6 is 0 Å². The van der Waals surface area contributed by atoms with E-state index in [4.69, 9.17) is 4.42 Å². The van der Waals surface area contributed by atoms with Gasteiger partial charge in [0.25, 0.3) is 0 Å². The lowest BCUT2D eigenvalue weighted by atomic mass is 9.76. The zero-order valence-electron chi connectivity index (χ0n) is 15.5. The molecule has 1 amide bonds. The van der Waals surface area contributed by atoms with Gasteiger partial charge in [-0.3, -0.25) is 9.69 Å². The van der Waals surface area contributed by atoms with Crippen LogP contribution in [0.5, 0.6) is 0 Å². The Morgan fingerprint density at radius 2 is 1.96 bits per heavy atom. The molecule has 2 aromatic rings. The van der Waals surface area contributed by atoms with E-state index in [9.17, 15) is 4.79 Å². The Bertz CT molecular complexity index is 765. The molecule has 1 aromatic heterocycles. The lowest BCUT2D eigenvalue weighted by Crippen LogP contribution is -2.41. The molecule has 2 aliphatic heterocycles. The molecule has 4 rings (SSSR count). The van der Waals surface area contributed by atoms with Crippen molar-refractivity contribution >= 4 is 5.91 Å². The monoisotopic (exact) mass is 354 g/mol. The number of carbonyl (C=O) groups excluding carboxylic acids is 1. The van der Waals surface area contributed by atoms with Gasteiger partial charge in [0.05, 0.1) is 0 Å². The van der Waals surface area contributed by atoms with Crippen molar-refractivity contribution in [1.82, 2.24) is 20.0 Å². The molecule has 0 saturated carbocycles. The first-order valence-electron chi connectivity index (χ1n) is 9.38. The summed E-state index contributed by atoms with van der Waals surface area (Å²) in [6, 6.07) is 10.5. The van der Waals surface area contributed by atoms with Gasteiger partial charge in [-0.05, 0) is 43.3 Å². The maximum absolute atomic E-state index is 12.2. The first-order chi connectivity index (χ1) is 12.5. The highest BCUT2D eigenvalue weighted by atomic mass is 16.4. The Balaban J connectivity index is 1.44. The number of piperidine rings is 1. The van der Waals surface area contributed by atoms with Crippen molar-refractivity contribution in [2.45, 2.75) is 45.7 Å². The third kappa shape index (κ3) is 3.38. The van der Waals surface area contributed by atoms with E-state index in [0.717, 1.165) is 45.4 Å². The molecule has 6 nitrogen and oxygen atoms in total. The van der Waals surface area contributed by atoms with Crippen LogP contribution < -0.4 is 0 Å². The lowest BCUT2D eigenvalue weighted by Gasteiger charge is -2.39. The molecular formula is C20H26N4O2. The Labute approximate surface area is 154 Å². The molecule has 26 heavy (non-hydrogen) atoms. The first kappa shape index (κ1) is 17.2. The second-order valence-corrected chi connectivity index (χ2v) is 7.79. The molecule has 1 atom stereocenters. The Hall–Kier alpha value is -2.21. The van der Waals surface area contributed by atoms with Crippen molar-refractivity contribution in [2.24, 2.45) is 5.41 Å². The molecule has 6 heteroatoms. The van der Waals surface area contributed by atoms with Crippen molar-refractivity contribution < 1.29 is 9.21 Å². The predicted molar refractivity (Wildman–Crippen MR) is 97.2 cm³/mol. The van der Waals surface area contributed by atoms with Crippen LogP contribution in [0.2, 0.25) is 0 Å². The maximum atomic E-state index is 12.2. The van der Waals surface area contributed by atoms with Crippen molar-refractivity contribution in [3.05, 3.63) is 47.7 Å². The van der Waals surface area contributed by atoms with Crippen LogP contribution in [-0.2, 0) is 11.3 Å². The predicted octanol–water partition coefficient (Wildman–Crippen LogP) is 2.95. The summed E-state index contributed by atoms with van der Waals surface area (Å²) in [5.74, 6) is 1.23. The average Bonchev–Trinajstić information content (AvgIpc) is 3.22. The van der Waals surface area contributed by atoms with Crippen LogP contribution in [0.15, 0.2) is 34.7 Å². The number of carbonyl (C=O) groups is 1. The average molecular weight is 354 g/mol. The number of rotatable bonds is 3. The highest BCUT2D eigenvalue weighted by Gasteiger charge is 2.48. The third-order valence-corrected chi connectivity index (χ3v) is 5.91. The normalized spacial score (nSPS) is 22.8. The van der Waals surface area contributed by atoms with Gasteiger partial charge in [0.2, 0.25) is 17.7 Å².